The number of carbonyl (C=O) groups is 2. The second-order valence-electron chi connectivity index (χ2n) is 6.95. The van der Waals surface area contributed by atoms with Crippen molar-refractivity contribution in [2.75, 3.05) is 4.90 Å². The maximum Gasteiger partial charge on any atom is 0.335 e. The molecule has 1 amide bonds. The van der Waals surface area contributed by atoms with Crippen LogP contribution in [0.15, 0.2) is 77.2 Å². The van der Waals surface area contributed by atoms with Crippen LogP contribution in [0.4, 0.5) is 5.69 Å². The lowest BCUT2D eigenvalue weighted by Crippen LogP contribution is -2.28. The molecule has 2 N–H and O–H groups in total. The fourth-order valence-electron chi connectivity index (χ4n) is 3.64. The molecule has 1 unspecified atom stereocenters. The molecule has 1 aromatic heterocycles. The van der Waals surface area contributed by atoms with Crippen molar-refractivity contribution in [2.45, 2.75) is 6.23 Å². The van der Waals surface area contributed by atoms with Crippen LogP contribution >= 0.6 is 0 Å². The second kappa shape index (κ2) is 7.19. The molecule has 4 aromatic rings. The second-order valence-corrected chi connectivity index (χ2v) is 6.95. The van der Waals surface area contributed by atoms with Crippen LogP contribution in [0.25, 0.3) is 22.9 Å². The highest BCUT2D eigenvalue weighted by molar-refractivity contribution is 6.12. The third-order valence-corrected chi connectivity index (χ3v) is 5.11. The Morgan fingerprint density at radius 2 is 1.61 bits per heavy atom. The minimum Gasteiger partial charge on any atom is -0.478 e. The monoisotopic (exact) mass is 413 g/mol. The van der Waals surface area contributed by atoms with Crippen molar-refractivity contribution in [1.82, 2.24) is 10.2 Å². The van der Waals surface area contributed by atoms with Crippen LogP contribution < -0.4 is 4.90 Å². The molecule has 1 atom stereocenters. The van der Waals surface area contributed by atoms with Gasteiger partial charge in [0, 0.05) is 16.7 Å². The third-order valence-electron chi connectivity index (χ3n) is 5.11. The quantitative estimate of drug-likeness (QED) is 0.523. The van der Waals surface area contributed by atoms with Crippen molar-refractivity contribution in [1.29, 1.82) is 0 Å². The first-order valence-corrected chi connectivity index (χ1v) is 9.42. The number of hydrogen-bond acceptors (Lipinski definition) is 6. The van der Waals surface area contributed by atoms with E-state index in [1.54, 1.807) is 60.7 Å². The average Bonchev–Trinajstić information content (AvgIpc) is 3.38. The molecule has 0 saturated carbocycles. The highest BCUT2D eigenvalue weighted by atomic mass is 16.4. The fourth-order valence-corrected chi connectivity index (χ4v) is 3.64. The summed E-state index contributed by atoms with van der Waals surface area (Å²) in [5.41, 5.74) is 2.41. The van der Waals surface area contributed by atoms with Crippen molar-refractivity contribution in [3.8, 4) is 22.9 Å². The molecule has 0 spiro atoms. The van der Waals surface area contributed by atoms with E-state index in [4.69, 9.17) is 4.42 Å². The van der Waals surface area contributed by atoms with Crippen molar-refractivity contribution in [3.63, 3.8) is 0 Å². The van der Waals surface area contributed by atoms with E-state index in [-0.39, 0.29) is 23.3 Å². The molecule has 5 rings (SSSR count). The van der Waals surface area contributed by atoms with Crippen molar-refractivity contribution in [2.24, 2.45) is 0 Å². The molecule has 0 saturated heterocycles. The predicted octanol–water partition coefficient (Wildman–Crippen LogP) is 3.75. The summed E-state index contributed by atoms with van der Waals surface area (Å²) in [6.45, 7) is 0. The number of amides is 1. The zero-order chi connectivity index (χ0) is 21.5. The summed E-state index contributed by atoms with van der Waals surface area (Å²) < 4.78 is 5.80. The zero-order valence-electron chi connectivity index (χ0n) is 16.0. The summed E-state index contributed by atoms with van der Waals surface area (Å²) in [7, 11) is 0. The molecule has 31 heavy (non-hydrogen) atoms. The summed E-state index contributed by atoms with van der Waals surface area (Å²) in [4.78, 5) is 25.5. The van der Waals surface area contributed by atoms with Crippen LogP contribution in [0.5, 0.6) is 0 Å². The van der Waals surface area contributed by atoms with E-state index in [2.05, 4.69) is 10.2 Å². The third kappa shape index (κ3) is 3.06. The minimum atomic E-state index is -1.14. The molecule has 0 fully saturated rings. The molecule has 152 valence electrons. The van der Waals surface area contributed by atoms with Gasteiger partial charge in [-0.25, -0.2) is 4.79 Å². The van der Waals surface area contributed by atoms with E-state index in [9.17, 15) is 19.8 Å². The Morgan fingerprint density at radius 3 is 2.39 bits per heavy atom. The van der Waals surface area contributed by atoms with Gasteiger partial charge in [-0.2, -0.15) is 0 Å². The lowest BCUT2D eigenvalue weighted by Gasteiger charge is -2.22. The lowest BCUT2D eigenvalue weighted by atomic mass is 10.1. The first-order valence-electron chi connectivity index (χ1n) is 9.42. The van der Waals surface area contributed by atoms with Gasteiger partial charge in [0.2, 0.25) is 11.8 Å². The molecular formula is C23H15N3O5. The molecule has 3 aromatic carbocycles. The summed E-state index contributed by atoms with van der Waals surface area (Å²) in [6.07, 6.45) is -1.14. The van der Waals surface area contributed by atoms with Gasteiger partial charge >= 0.3 is 5.97 Å². The van der Waals surface area contributed by atoms with Crippen LogP contribution in [0.1, 0.15) is 32.5 Å². The Balaban J connectivity index is 1.55. The maximum absolute atomic E-state index is 13.0. The van der Waals surface area contributed by atoms with E-state index >= 15 is 0 Å². The van der Waals surface area contributed by atoms with Gasteiger partial charge in [0.25, 0.3) is 5.91 Å². The van der Waals surface area contributed by atoms with E-state index in [0.29, 0.717) is 27.9 Å². The van der Waals surface area contributed by atoms with E-state index in [1.165, 1.54) is 17.0 Å². The topological polar surface area (TPSA) is 117 Å². The molecule has 0 aliphatic carbocycles. The Kier molecular flexibility index (Phi) is 4.34. The molecule has 8 heteroatoms. The highest BCUT2D eigenvalue weighted by Gasteiger charge is 2.37. The Labute approximate surface area is 176 Å². The smallest absolute Gasteiger partial charge is 0.335 e. The normalized spacial score (nSPS) is 15.2. The summed E-state index contributed by atoms with van der Waals surface area (Å²) >= 11 is 0. The van der Waals surface area contributed by atoms with Crippen LogP contribution in [0, 0.1) is 0 Å². The Morgan fingerprint density at radius 1 is 0.903 bits per heavy atom. The predicted molar refractivity (Wildman–Crippen MR) is 110 cm³/mol. The van der Waals surface area contributed by atoms with Crippen LogP contribution in [-0.2, 0) is 0 Å². The van der Waals surface area contributed by atoms with Gasteiger partial charge in [-0.15, -0.1) is 10.2 Å². The number of carbonyl (C=O) groups excluding carboxylic acids is 1. The SMILES string of the molecule is O=C(O)c1cccc(-c2nnc(-c3ccccc3N3C(=O)c4ccccc4C3O)o2)c1. The molecule has 8 nitrogen and oxygen atoms in total. The standard InChI is InChI=1S/C23H15N3O5/c27-21-15-8-1-2-9-16(15)22(28)26(21)18-11-4-3-10-17(18)20-25-24-19(31-20)13-6-5-7-14(12-13)23(29)30/h1-12,21,27H,(H,29,30). The zero-order valence-corrected chi connectivity index (χ0v) is 16.0. The molecular weight excluding hydrogens is 398 g/mol. The first kappa shape index (κ1) is 18.7. The number of carboxylic acids is 1. The number of benzene rings is 3. The van der Waals surface area contributed by atoms with Gasteiger partial charge in [0.05, 0.1) is 16.8 Å². The van der Waals surface area contributed by atoms with Gasteiger partial charge in [-0.05, 0) is 36.4 Å². The molecule has 0 bridgehead atoms. The van der Waals surface area contributed by atoms with E-state index in [0.717, 1.165) is 0 Å². The lowest BCUT2D eigenvalue weighted by molar-refractivity contribution is 0.0696. The number of rotatable bonds is 4. The number of aromatic nitrogens is 2. The molecule has 1 aliphatic rings. The summed E-state index contributed by atoms with van der Waals surface area (Å²) in [6, 6.07) is 20.0. The largest absolute Gasteiger partial charge is 0.478 e. The first-order chi connectivity index (χ1) is 15.0. The average molecular weight is 413 g/mol. The number of fused-ring (bicyclic) bond motifs is 1. The van der Waals surface area contributed by atoms with Gasteiger partial charge in [0.15, 0.2) is 6.23 Å². The molecule has 2 heterocycles. The van der Waals surface area contributed by atoms with Gasteiger partial charge < -0.3 is 14.6 Å². The Bertz CT molecular complexity index is 1330. The highest BCUT2D eigenvalue weighted by Crippen LogP contribution is 2.40. The van der Waals surface area contributed by atoms with Gasteiger partial charge in [0.1, 0.15) is 0 Å². The van der Waals surface area contributed by atoms with E-state index in [1.807, 2.05) is 0 Å². The molecule has 0 radical (unpaired) electrons. The minimum absolute atomic E-state index is 0.0983. The Hall–Kier alpha value is -4.30. The number of carboxylic acid groups (broad SMARTS) is 1. The number of hydrogen-bond donors (Lipinski definition) is 2. The van der Waals surface area contributed by atoms with Crippen LogP contribution in [0.3, 0.4) is 0 Å². The summed E-state index contributed by atoms with van der Waals surface area (Å²) in [5.74, 6) is -1.11. The van der Waals surface area contributed by atoms with Gasteiger partial charge in [-0.1, -0.05) is 36.4 Å². The maximum atomic E-state index is 13.0. The van der Waals surface area contributed by atoms with E-state index < -0.39 is 12.2 Å². The van der Waals surface area contributed by atoms with Gasteiger partial charge in [-0.3, -0.25) is 9.69 Å². The number of nitrogens with zero attached hydrogens (tertiary/aromatic N) is 3. The van der Waals surface area contributed by atoms with Crippen molar-refractivity contribution >= 4 is 17.6 Å². The number of aromatic carboxylic acids is 1. The van der Waals surface area contributed by atoms with Crippen molar-refractivity contribution in [3.05, 3.63) is 89.5 Å². The molecule has 1 aliphatic heterocycles. The number of para-hydroxylation sites is 1. The number of anilines is 1. The van der Waals surface area contributed by atoms with Crippen LogP contribution in [0.2, 0.25) is 0 Å². The summed E-state index contributed by atoms with van der Waals surface area (Å²) in [5, 5.41) is 28.1. The number of aliphatic hydroxyl groups excluding tert-OH is 1. The fraction of sp³-hybridized carbons (Fsp3) is 0.0435. The van der Waals surface area contributed by atoms with Crippen LogP contribution in [-0.4, -0.2) is 32.3 Å². The number of aliphatic hydroxyl groups is 1. The van der Waals surface area contributed by atoms with Crippen molar-refractivity contribution < 1.29 is 24.2 Å².